The molecule has 0 fully saturated rings. The zero-order valence-corrected chi connectivity index (χ0v) is 13.0. The third kappa shape index (κ3) is 5.09. The number of benzene rings is 1. The van der Waals surface area contributed by atoms with Gasteiger partial charge in [-0.2, -0.15) is 12.7 Å². The molecular weight excluding hydrogens is 278 g/mol. The summed E-state index contributed by atoms with van der Waals surface area (Å²) in [6.07, 6.45) is 0.758. The lowest BCUT2D eigenvalue weighted by Gasteiger charge is -2.19. The molecule has 20 heavy (non-hydrogen) atoms. The molecule has 2 N–H and O–H groups in total. The zero-order valence-electron chi connectivity index (χ0n) is 12.2. The molecule has 0 unspecified atom stereocenters. The molecular formula is C13H23N3O3S. The Labute approximate surface area is 121 Å². The van der Waals surface area contributed by atoms with E-state index in [9.17, 15) is 8.42 Å². The Kier molecular flexibility index (Phi) is 6.94. The van der Waals surface area contributed by atoms with E-state index in [1.165, 1.54) is 4.31 Å². The number of nitrogens with zero attached hydrogens (tertiary/aromatic N) is 1. The van der Waals surface area contributed by atoms with Gasteiger partial charge in [-0.3, -0.25) is 4.72 Å². The SMILES string of the molecule is CNCCCN(C)S(=O)(=O)Nc1ccccc1COC. The molecule has 0 atom stereocenters. The Bertz CT molecular complexity index is 505. The quantitative estimate of drug-likeness (QED) is 0.668. The zero-order chi connectivity index (χ0) is 15.0. The molecule has 1 aromatic carbocycles. The van der Waals surface area contributed by atoms with Gasteiger partial charge in [0.15, 0.2) is 0 Å². The van der Waals surface area contributed by atoms with Gasteiger partial charge in [0.05, 0.1) is 12.3 Å². The van der Waals surface area contributed by atoms with Crippen molar-refractivity contribution in [2.45, 2.75) is 13.0 Å². The van der Waals surface area contributed by atoms with Crippen molar-refractivity contribution in [2.75, 3.05) is 39.0 Å². The standard InChI is InChI=1S/C13H23N3O3S/c1-14-9-6-10-16(2)20(17,18)15-13-8-5-4-7-12(13)11-19-3/h4-5,7-8,14-15H,6,9-11H2,1-3H3. The second-order valence-electron chi connectivity index (χ2n) is 4.48. The first kappa shape index (κ1) is 16.9. The number of para-hydroxylation sites is 1. The van der Waals surface area contributed by atoms with Gasteiger partial charge in [0.2, 0.25) is 0 Å². The summed E-state index contributed by atoms with van der Waals surface area (Å²) >= 11 is 0. The molecule has 1 rings (SSSR count). The molecule has 0 spiro atoms. The highest BCUT2D eigenvalue weighted by Gasteiger charge is 2.18. The Balaban J connectivity index is 2.75. The van der Waals surface area contributed by atoms with Gasteiger partial charge in [-0.05, 0) is 26.1 Å². The Morgan fingerprint density at radius 3 is 2.65 bits per heavy atom. The Hall–Kier alpha value is -1.15. The molecule has 0 saturated heterocycles. The number of rotatable bonds is 9. The van der Waals surface area contributed by atoms with Crippen LogP contribution < -0.4 is 10.0 Å². The lowest BCUT2D eigenvalue weighted by atomic mass is 10.2. The van der Waals surface area contributed by atoms with Crippen LogP contribution in [0.25, 0.3) is 0 Å². The second kappa shape index (κ2) is 8.21. The van der Waals surface area contributed by atoms with E-state index in [2.05, 4.69) is 10.0 Å². The van der Waals surface area contributed by atoms with Gasteiger partial charge in [-0.15, -0.1) is 0 Å². The summed E-state index contributed by atoms with van der Waals surface area (Å²) < 4.78 is 33.4. The van der Waals surface area contributed by atoms with Crippen molar-refractivity contribution in [3.63, 3.8) is 0 Å². The van der Waals surface area contributed by atoms with E-state index in [1.807, 2.05) is 19.2 Å². The van der Waals surface area contributed by atoms with Crippen molar-refractivity contribution in [3.05, 3.63) is 29.8 Å². The molecule has 0 aliphatic heterocycles. The Morgan fingerprint density at radius 1 is 1.30 bits per heavy atom. The minimum atomic E-state index is -3.53. The van der Waals surface area contributed by atoms with Crippen LogP contribution in [0.4, 0.5) is 5.69 Å². The van der Waals surface area contributed by atoms with Gasteiger partial charge < -0.3 is 10.1 Å². The summed E-state index contributed by atoms with van der Waals surface area (Å²) in [5, 5.41) is 2.99. The average Bonchev–Trinajstić information content (AvgIpc) is 2.41. The highest BCUT2D eigenvalue weighted by molar-refractivity contribution is 7.90. The van der Waals surface area contributed by atoms with Crippen molar-refractivity contribution in [3.8, 4) is 0 Å². The van der Waals surface area contributed by atoms with Crippen LogP contribution in [0.2, 0.25) is 0 Å². The highest BCUT2D eigenvalue weighted by atomic mass is 32.2. The molecule has 7 heteroatoms. The number of hydrogen-bond acceptors (Lipinski definition) is 4. The second-order valence-corrected chi connectivity index (χ2v) is 6.25. The van der Waals surface area contributed by atoms with Gasteiger partial charge in [-0.1, -0.05) is 18.2 Å². The fraction of sp³-hybridized carbons (Fsp3) is 0.538. The number of ether oxygens (including phenoxy) is 1. The highest BCUT2D eigenvalue weighted by Crippen LogP contribution is 2.18. The summed E-state index contributed by atoms with van der Waals surface area (Å²) in [4.78, 5) is 0. The van der Waals surface area contributed by atoms with E-state index in [0.29, 0.717) is 18.8 Å². The maximum absolute atomic E-state index is 12.2. The monoisotopic (exact) mass is 301 g/mol. The first-order valence-corrected chi connectivity index (χ1v) is 7.90. The van der Waals surface area contributed by atoms with E-state index in [1.54, 1.807) is 26.3 Å². The van der Waals surface area contributed by atoms with Crippen LogP contribution in [0.15, 0.2) is 24.3 Å². The van der Waals surface area contributed by atoms with Crippen molar-refractivity contribution in [1.82, 2.24) is 9.62 Å². The first-order valence-electron chi connectivity index (χ1n) is 6.46. The number of hydrogen-bond donors (Lipinski definition) is 2. The lowest BCUT2D eigenvalue weighted by molar-refractivity contribution is 0.185. The molecule has 1 aromatic rings. The summed E-state index contributed by atoms with van der Waals surface area (Å²) in [6.45, 7) is 1.60. The number of nitrogens with one attached hydrogen (secondary N) is 2. The van der Waals surface area contributed by atoms with E-state index in [4.69, 9.17) is 4.74 Å². The van der Waals surface area contributed by atoms with Crippen molar-refractivity contribution in [2.24, 2.45) is 0 Å². The fourth-order valence-electron chi connectivity index (χ4n) is 1.72. The molecule has 0 aliphatic rings. The normalized spacial score (nSPS) is 11.8. The van der Waals surface area contributed by atoms with Crippen LogP contribution in [0.3, 0.4) is 0 Å². The molecule has 0 saturated carbocycles. The lowest BCUT2D eigenvalue weighted by Crippen LogP contribution is -2.34. The maximum atomic E-state index is 12.2. The molecule has 0 aromatic heterocycles. The summed E-state index contributed by atoms with van der Waals surface area (Å²) in [6, 6.07) is 7.20. The predicted octanol–water partition coefficient (Wildman–Crippen LogP) is 1.03. The third-order valence-electron chi connectivity index (χ3n) is 2.87. The van der Waals surface area contributed by atoms with Crippen LogP contribution in [-0.4, -0.2) is 47.0 Å². The molecule has 0 amide bonds. The van der Waals surface area contributed by atoms with Crippen LogP contribution in [-0.2, 0) is 21.6 Å². The Morgan fingerprint density at radius 2 is 2.00 bits per heavy atom. The molecule has 0 aliphatic carbocycles. The average molecular weight is 301 g/mol. The van der Waals surface area contributed by atoms with Crippen molar-refractivity contribution in [1.29, 1.82) is 0 Å². The summed E-state index contributed by atoms with van der Waals surface area (Å²) in [5.41, 5.74) is 1.36. The maximum Gasteiger partial charge on any atom is 0.301 e. The van der Waals surface area contributed by atoms with Crippen LogP contribution in [0.1, 0.15) is 12.0 Å². The van der Waals surface area contributed by atoms with Crippen LogP contribution in [0, 0.1) is 0 Å². The summed E-state index contributed by atoms with van der Waals surface area (Å²) in [7, 11) is 1.45. The van der Waals surface area contributed by atoms with E-state index >= 15 is 0 Å². The predicted molar refractivity (Wildman–Crippen MR) is 80.9 cm³/mol. The van der Waals surface area contributed by atoms with Gasteiger partial charge in [0.1, 0.15) is 0 Å². The molecule has 6 nitrogen and oxygen atoms in total. The number of methoxy groups -OCH3 is 1. The largest absolute Gasteiger partial charge is 0.380 e. The van der Waals surface area contributed by atoms with E-state index < -0.39 is 10.2 Å². The molecule has 0 heterocycles. The first-order chi connectivity index (χ1) is 9.51. The van der Waals surface area contributed by atoms with Crippen LogP contribution >= 0.6 is 0 Å². The third-order valence-corrected chi connectivity index (χ3v) is 4.35. The molecule has 0 radical (unpaired) electrons. The van der Waals surface area contributed by atoms with Crippen molar-refractivity contribution < 1.29 is 13.2 Å². The van der Waals surface area contributed by atoms with Gasteiger partial charge in [-0.25, -0.2) is 0 Å². The van der Waals surface area contributed by atoms with Gasteiger partial charge in [0, 0.05) is 26.3 Å². The minimum absolute atomic E-state index is 0.363. The fourth-order valence-corrected chi connectivity index (χ4v) is 2.72. The smallest absolute Gasteiger partial charge is 0.301 e. The van der Waals surface area contributed by atoms with E-state index in [-0.39, 0.29) is 0 Å². The topological polar surface area (TPSA) is 70.7 Å². The van der Waals surface area contributed by atoms with Gasteiger partial charge >= 0.3 is 10.2 Å². The van der Waals surface area contributed by atoms with Crippen molar-refractivity contribution >= 4 is 15.9 Å². The molecule has 0 bridgehead atoms. The summed E-state index contributed by atoms with van der Waals surface area (Å²) in [5.74, 6) is 0. The number of anilines is 1. The van der Waals surface area contributed by atoms with E-state index in [0.717, 1.165) is 18.5 Å². The van der Waals surface area contributed by atoms with Gasteiger partial charge in [0.25, 0.3) is 0 Å². The minimum Gasteiger partial charge on any atom is -0.380 e. The molecule has 114 valence electrons. The van der Waals surface area contributed by atoms with Crippen LogP contribution in [0.5, 0.6) is 0 Å².